The van der Waals surface area contributed by atoms with Gasteiger partial charge in [-0.05, 0) is 37.6 Å². The van der Waals surface area contributed by atoms with Crippen molar-refractivity contribution in [2.45, 2.75) is 18.7 Å². The van der Waals surface area contributed by atoms with E-state index in [2.05, 4.69) is 11.1 Å². The number of rotatable bonds is 1. The Kier molecular flexibility index (Phi) is 4.80. The molecule has 0 radical (unpaired) electrons. The van der Waals surface area contributed by atoms with Crippen molar-refractivity contribution in [2.75, 3.05) is 0 Å². The van der Waals surface area contributed by atoms with Gasteiger partial charge in [-0.25, -0.2) is 4.98 Å². The Morgan fingerprint density at radius 1 is 1.09 bits per heavy atom. The van der Waals surface area contributed by atoms with Crippen LogP contribution in [0.25, 0.3) is 10.2 Å². The Labute approximate surface area is 132 Å². The Morgan fingerprint density at radius 2 is 1.77 bits per heavy atom. The normalized spacial score (nSPS) is 11.0. The number of para-hydroxylation sites is 1. The van der Waals surface area contributed by atoms with E-state index in [1.807, 2.05) is 25.1 Å². The van der Waals surface area contributed by atoms with Gasteiger partial charge in [0.2, 0.25) is 0 Å². The molecule has 5 nitrogen and oxygen atoms in total. The molecule has 0 saturated heterocycles. The van der Waals surface area contributed by atoms with E-state index in [1.165, 1.54) is 23.8 Å². The second-order valence-corrected chi connectivity index (χ2v) is 7.25. The third-order valence-electron chi connectivity index (χ3n) is 2.85. The van der Waals surface area contributed by atoms with E-state index >= 15 is 0 Å². The van der Waals surface area contributed by atoms with E-state index in [4.69, 9.17) is 9.66 Å². The molecule has 22 heavy (non-hydrogen) atoms. The van der Waals surface area contributed by atoms with Gasteiger partial charge < -0.3 is 5.11 Å². The van der Waals surface area contributed by atoms with Gasteiger partial charge in [0.1, 0.15) is 10.6 Å². The molecule has 0 aliphatic carbocycles. The van der Waals surface area contributed by atoms with Gasteiger partial charge >= 0.3 is 0 Å². The van der Waals surface area contributed by atoms with Crippen LogP contribution >= 0.6 is 11.3 Å². The van der Waals surface area contributed by atoms with Crippen molar-refractivity contribution in [1.82, 2.24) is 4.98 Å². The van der Waals surface area contributed by atoms with Crippen LogP contribution in [0.1, 0.15) is 10.6 Å². The molecule has 0 bridgehead atoms. The first kappa shape index (κ1) is 16.4. The first-order chi connectivity index (χ1) is 10.3. The highest BCUT2D eigenvalue weighted by molar-refractivity contribution is 7.85. The Morgan fingerprint density at radius 3 is 2.36 bits per heavy atom. The number of aromatic nitrogens is 1. The quantitative estimate of drug-likeness (QED) is 0.663. The fourth-order valence-electron chi connectivity index (χ4n) is 1.85. The number of hydrogen-bond acceptors (Lipinski definition) is 5. The van der Waals surface area contributed by atoms with Gasteiger partial charge in [0.05, 0.1) is 15.2 Å². The predicted octanol–water partition coefficient (Wildman–Crippen LogP) is 3.55. The van der Waals surface area contributed by atoms with Gasteiger partial charge in [-0.2, -0.15) is 8.42 Å². The second-order valence-electron chi connectivity index (χ2n) is 4.63. The van der Waals surface area contributed by atoms with Crippen LogP contribution in [0.15, 0.2) is 47.4 Å². The van der Waals surface area contributed by atoms with Crippen molar-refractivity contribution in [3.8, 4) is 5.75 Å². The SMILES string of the molecule is Cc1ccc(O)cc1S(=O)(=O)O.Cc1nc2ccccc2s1. The number of aromatic hydroxyl groups is 1. The molecule has 0 atom stereocenters. The van der Waals surface area contributed by atoms with Crippen molar-refractivity contribution in [3.05, 3.63) is 53.0 Å². The van der Waals surface area contributed by atoms with E-state index in [1.54, 1.807) is 11.3 Å². The molecule has 0 aliphatic heterocycles. The Bertz CT molecular complexity index is 868. The van der Waals surface area contributed by atoms with E-state index in [-0.39, 0.29) is 10.6 Å². The van der Waals surface area contributed by atoms with Gasteiger partial charge in [0, 0.05) is 6.07 Å². The average Bonchev–Trinajstić information content (AvgIpc) is 2.81. The zero-order chi connectivity index (χ0) is 16.3. The summed E-state index contributed by atoms with van der Waals surface area (Å²) in [6, 6.07) is 12.0. The molecule has 116 valence electrons. The highest BCUT2D eigenvalue weighted by Gasteiger charge is 2.12. The summed E-state index contributed by atoms with van der Waals surface area (Å²) in [7, 11) is -4.22. The van der Waals surface area contributed by atoms with Gasteiger partial charge in [-0.15, -0.1) is 11.3 Å². The van der Waals surface area contributed by atoms with E-state index < -0.39 is 10.1 Å². The molecule has 2 aromatic carbocycles. The van der Waals surface area contributed by atoms with Crippen molar-refractivity contribution in [1.29, 1.82) is 0 Å². The topological polar surface area (TPSA) is 87.5 Å². The number of benzene rings is 2. The van der Waals surface area contributed by atoms with Crippen LogP contribution in [0.5, 0.6) is 5.75 Å². The maximum absolute atomic E-state index is 10.7. The number of nitrogens with zero attached hydrogens (tertiary/aromatic N) is 1. The molecular weight excluding hydrogens is 322 g/mol. The first-order valence-corrected chi connectivity index (χ1v) is 8.62. The summed E-state index contributed by atoms with van der Waals surface area (Å²) in [5, 5.41) is 10.1. The number of phenols is 1. The number of hydrogen-bond donors (Lipinski definition) is 2. The smallest absolute Gasteiger partial charge is 0.294 e. The summed E-state index contributed by atoms with van der Waals surface area (Å²) in [5.74, 6) is -0.187. The molecule has 7 heteroatoms. The molecular formula is C15H15NO4S2. The highest BCUT2D eigenvalue weighted by Crippen LogP contribution is 2.20. The minimum Gasteiger partial charge on any atom is -0.508 e. The molecule has 0 amide bonds. The van der Waals surface area contributed by atoms with Gasteiger partial charge in [0.15, 0.2) is 0 Å². The van der Waals surface area contributed by atoms with Gasteiger partial charge in [-0.1, -0.05) is 18.2 Å². The molecule has 0 spiro atoms. The zero-order valence-electron chi connectivity index (χ0n) is 12.0. The molecule has 1 heterocycles. The number of phenolic OH excluding ortho intramolecular Hbond substituents is 1. The molecule has 2 N–H and O–H groups in total. The molecule has 0 aliphatic rings. The fraction of sp³-hybridized carbons (Fsp3) is 0.133. The molecule has 0 unspecified atom stereocenters. The van der Waals surface area contributed by atoms with Gasteiger partial charge in [-0.3, -0.25) is 4.55 Å². The number of fused-ring (bicyclic) bond motifs is 1. The van der Waals surface area contributed by atoms with Crippen molar-refractivity contribution in [2.24, 2.45) is 0 Å². The summed E-state index contributed by atoms with van der Waals surface area (Å²) >= 11 is 1.74. The van der Waals surface area contributed by atoms with Crippen molar-refractivity contribution < 1.29 is 18.1 Å². The lowest BCUT2D eigenvalue weighted by Gasteiger charge is -2.01. The summed E-state index contributed by atoms with van der Waals surface area (Å²) < 4.78 is 31.2. The summed E-state index contributed by atoms with van der Waals surface area (Å²) in [5.41, 5.74) is 1.51. The number of thiazole rings is 1. The van der Waals surface area contributed by atoms with Crippen LogP contribution in [-0.4, -0.2) is 23.1 Å². The molecule has 3 rings (SSSR count). The van der Waals surface area contributed by atoms with Gasteiger partial charge in [0.25, 0.3) is 10.1 Å². The predicted molar refractivity (Wildman–Crippen MR) is 87.0 cm³/mol. The summed E-state index contributed by atoms with van der Waals surface area (Å²) in [6.07, 6.45) is 0. The fourth-order valence-corrected chi connectivity index (χ4v) is 3.43. The lowest BCUT2D eigenvalue weighted by molar-refractivity contribution is 0.465. The third kappa shape index (κ3) is 4.03. The van der Waals surface area contributed by atoms with Crippen molar-refractivity contribution >= 4 is 31.7 Å². The lowest BCUT2D eigenvalue weighted by atomic mass is 10.2. The zero-order valence-corrected chi connectivity index (χ0v) is 13.6. The molecule has 1 aromatic heterocycles. The Hall–Kier alpha value is -1.96. The van der Waals surface area contributed by atoms with Crippen LogP contribution in [0.4, 0.5) is 0 Å². The molecule has 0 fully saturated rings. The van der Waals surface area contributed by atoms with Crippen LogP contribution in [0, 0.1) is 13.8 Å². The van der Waals surface area contributed by atoms with Crippen LogP contribution in [0.2, 0.25) is 0 Å². The average molecular weight is 337 g/mol. The van der Waals surface area contributed by atoms with E-state index in [0.717, 1.165) is 16.6 Å². The standard InChI is InChI=1S/C8H7NS.C7H8O4S/c1-6-9-7-4-2-3-5-8(7)10-6;1-5-2-3-6(8)4-7(5)12(9,10)11/h2-5H,1H3;2-4,8H,1H3,(H,9,10,11). The number of aryl methyl sites for hydroxylation is 2. The third-order valence-corrected chi connectivity index (χ3v) is 4.80. The minimum atomic E-state index is -4.22. The largest absolute Gasteiger partial charge is 0.508 e. The maximum Gasteiger partial charge on any atom is 0.294 e. The molecule has 3 aromatic rings. The monoisotopic (exact) mass is 337 g/mol. The van der Waals surface area contributed by atoms with Crippen LogP contribution in [0.3, 0.4) is 0 Å². The lowest BCUT2D eigenvalue weighted by Crippen LogP contribution is -2.00. The van der Waals surface area contributed by atoms with Crippen LogP contribution in [-0.2, 0) is 10.1 Å². The maximum atomic E-state index is 10.7. The van der Waals surface area contributed by atoms with E-state index in [0.29, 0.717) is 5.56 Å². The highest BCUT2D eigenvalue weighted by atomic mass is 32.2. The van der Waals surface area contributed by atoms with Crippen molar-refractivity contribution in [3.63, 3.8) is 0 Å². The minimum absolute atomic E-state index is 0.187. The van der Waals surface area contributed by atoms with E-state index in [9.17, 15) is 8.42 Å². The summed E-state index contributed by atoms with van der Waals surface area (Å²) in [4.78, 5) is 4.07. The first-order valence-electron chi connectivity index (χ1n) is 6.36. The summed E-state index contributed by atoms with van der Waals surface area (Å²) in [6.45, 7) is 3.56. The second kappa shape index (κ2) is 6.43. The Balaban J connectivity index is 0.000000162. The molecule has 0 saturated carbocycles. The van der Waals surface area contributed by atoms with Crippen LogP contribution < -0.4 is 0 Å².